The van der Waals surface area contributed by atoms with Crippen LogP contribution in [0.4, 0.5) is 11.5 Å². The molecule has 34 heavy (non-hydrogen) atoms. The molecule has 0 amide bonds. The molecule has 1 aromatic heterocycles. The lowest BCUT2D eigenvalue weighted by molar-refractivity contribution is 0.288. The highest BCUT2D eigenvalue weighted by Gasteiger charge is 2.22. The normalized spacial score (nSPS) is 13.0. The number of allylic oxidation sites excluding steroid dienone is 1. The van der Waals surface area contributed by atoms with Crippen LogP contribution in [-0.4, -0.2) is 23.1 Å². The van der Waals surface area contributed by atoms with Crippen LogP contribution in [0.5, 0.6) is 5.75 Å². The Kier molecular flexibility index (Phi) is 6.17. The smallest absolute Gasteiger partial charge is 0.189 e. The van der Waals surface area contributed by atoms with Crippen molar-refractivity contribution in [3.05, 3.63) is 130 Å². The Balaban J connectivity index is 1.55. The molecule has 0 aliphatic carbocycles. The number of benzene rings is 3. The molecule has 1 aliphatic heterocycles. The summed E-state index contributed by atoms with van der Waals surface area (Å²) >= 11 is 0. The Labute approximate surface area is 199 Å². The van der Waals surface area contributed by atoms with Gasteiger partial charge in [0.25, 0.3) is 0 Å². The lowest BCUT2D eigenvalue weighted by atomic mass is 10.1. The van der Waals surface area contributed by atoms with Gasteiger partial charge in [0.2, 0.25) is 0 Å². The summed E-state index contributed by atoms with van der Waals surface area (Å²) in [7, 11) is 2.01. The minimum Gasteiger partial charge on any atom is -0.487 e. The van der Waals surface area contributed by atoms with Crippen molar-refractivity contribution < 1.29 is 4.74 Å². The molecule has 0 atom stereocenters. The van der Waals surface area contributed by atoms with E-state index in [4.69, 9.17) is 4.74 Å². The molecule has 0 bridgehead atoms. The van der Waals surface area contributed by atoms with Crippen molar-refractivity contribution >= 4 is 11.5 Å². The van der Waals surface area contributed by atoms with Gasteiger partial charge in [0.1, 0.15) is 18.2 Å². The maximum atomic E-state index is 13.3. The fraction of sp³-hybridized carbons (Fsp3) is 0.138. The highest BCUT2D eigenvalue weighted by atomic mass is 16.5. The van der Waals surface area contributed by atoms with Gasteiger partial charge in [-0.15, -0.1) is 0 Å². The molecule has 1 aliphatic rings. The van der Waals surface area contributed by atoms with E-state index < -0.39 is 0 Å². The van der Waals surface area contributed by atoms with E-state index in [9.17, 15) is 4.79 Å². The number of likely N-dealkylation sites (N-methyl/N-ethyl adjacent to an activating group) is 1. The summed E-state index contributed by atoms with van der Waals surface area (Å²) in [5.41, 5.74) is 4.82. The van der Waals surface area contributed by atoms with Crippen LogP contribution in [-0.2, 0) is 13.0 Å². The Hall–Kier alpha value is -4.25. The number of pyridine rings is 1. The molecular weight excluding hydrogens is 422 g/mol. The van der Waals surface area contributed by atoms with Gasteiger partial charge in [-0.1, -0.05) is 60.7 Å². The molecule has 3 aromatic carbocycles. The molecule has 0 spiro atoms. The van der Waals surface area contributed by atoms with Gasteiger partial charge in [0.05, 0.1) is 0 Å². The van der Waals surface area contributed by atoms with Crippen molar-refractivity contribution in [2.75, 3.05) is 19.0 Å². The maximum Gasteiger partial charge on any atom is 0.189 e. The zero-order valence-corrected chi connectivity index (χ0v) is 19.1. The Morgan fingerprint density at radius 2 is 1.53 bits per heavy atom. The van der Waals surface area contributed by atoms with E-state index in [1.807, 2.05) is 85.9 Å². The topological polar surface area (TPSA) is 46.5 Å². The number of para-hydroxylation sites is 3. The summed E-state index contributed by atoms with van der Waals surface area (Å²) in [5.74, 6) is 1.58. The first-order valence-electron chi connectivity index (χ1n) is 11.4. The summed E-state index contributed by atoms with van der Waals surface area (Å²) in [4.78, 5) is 15.4. The fourth-order valence-corrected chi connectivity index (χ4v) is 4.27. The maximum absolute atomic E-state index is 13.3. The van der Waals surface area contributed by atoms with Crippen molar-refractivity contribution in [3.63, 3.8) is 0 Å². The third-order valence-electron chi connectivity index (χ3n) is 6.03. The van der Waals surface area contributed by atoms with Gasteiger partial charge < -0.3 is 15.0 Å². The molecule has 0 fully saturated rings. The van der Waals surface area contributed by atoms with Crippen LogP contribution in [0.3, 0.4) is 0 Å². The van der Waals surface area contributed by atoms with Crippen LogP contribution >= 0.6 is 0 Å². The van der Waals surface area contributed by atoms with E-state index in [0.717, 1.165) is 39.9 Å². The number of fused-ring (bicyclic) bond motifs is 1. The summed E-state index contributed by atoms with van der Waals surface area (Å²) in [6.45, 7) is 0.972. The zero-order chi connectivity index (χ0) is 23.3. The second-order valence-electron chi connectivity index (χ2n) is 8.34. The van der Waals surface area contributed by atoms with Crippen molar-refractivity contribution in [2.24, 2.45) is 0 Å². The van der Waals surface area contributed by atoms with Gasteiger partial charge in [-0.3, -0.25) is 9.36 Å². The van der Waals surface area contributed by atoms with Crippen LogP contribution in [0.25, 0.3) is 5.69 Å². The lowest BCUT2D eigenvalue weighted by Crippen LogP contribution is -2.26. The molecule has 2 heterocycles. The quantitative estimate of drug-likeness (QED) is 0.420. The number of hydrogen-bond donors (Lipinski definition) is 1. The largest absolute Gasteiger partial charge is 0.487 e. The Morgan fingerprint density at radius 1 is 0.882 bits per heavy atom. The summed E-state index contributed by atoms with van der Waals surface area (Å²) in [6, 6.07) is 31.6. The fourth-order valence-electron chi connectivity index (χ4n) is 4.27. The van der Waals surface area contributed by atoms with Gasteiger partial charge in [0, 0.05) is 54.4 Å². The van der Waals surface area contributed by atoms with E-state index in [-0.39, 0.29) is 5.43 Å². The number of ether oxygens (including phenoxy) is 1. The molecule has 5 heteroatoms. The number of aromatic nitrogens is 1. The molecule has 0 radical (unpaired) electrons. The van der Waals surface area contributed by atoms with E-state index in [2.05, 4.69) is 33.0 Å². The molecule has 0 saturated heterocycles. The van der Waals surface area contributed by atoms with Crippen molar-refractivity contribution in [1.29, 1.82) is 0 Å². The predicted molar refractivity (Wildman–Crippen MR) is 137 cm³/mol. The van der Waals surface area contributed by atoms with E-state index >= 15 is 0 Å². The molecule has 170 valence electrons. The molecule has 0 saturated carbocycles. The number of rotatable bonds is 6. The van der Waals surface area contributed by atoms with E-state index in [0.29, 0.717) is 19.6 Å². The monoisotopic (exact) mass is 449 g/mol. The van der Waals surface area contributed by atoms with Gasteiger partial charge in [-0.2, -0.15) is 0 Å². The SMILES string of the molecule is CN1Cc2c(n(-c3ccccc3)c(Nc3ccccc3)cc2=O)CC=C1COc1ccccc1. The average molecular weight is 450 g/mol. The van der Waals surface area contributed by atoms with Crippen LogP contribution in [0.1, 0.15) is 11.3 Å². The first kappa shape index (κ1) is 21.6. The second kappa shape index (κ2) is 9.71. The Morgan fingerprint density at radius 3 is 2.24 bits per heavy atom. The molecule has 1 N–H and O–H groups in total. The number of nitrogens with one attached hydrogen (secondary N) is 1. The third kappa shape index (κ3) is 4.59. The molecule has 4 aromatic rings. The summed E-state index contributed by atoms with van der Waals surface area (Å²) in [6.07, 6.45) is 2.79. The van der Waals surface area contributed by atoms with Crippen LogP contribution in [0.15, 0.2) is 114 Å². The molecule has 5 rings (SSSR count). The third-order valence-corrected chi connectivity index (χ3v) is 6.03. The lowest BCUT2D eigenvalue weighted by Gasteiger charge is -2.23. The van der Waals surface area contributed by atoms with Crippen LogP contribution < -0.4 is 15.5 Å². The van der Waals surface area contributed by atoms with Gasteiger partial charge in [-0.25, -0.2) is 0 Å². The van der Waals surface area contributed by atoms with Gasteiger partial charge in [0.15, 0.2) is 5.43 Å². The molecular formula is C29H27N3O2. The minimum atomic E-state index is 0.0334. The number of hydrogen-bond acceptors (Lipinski definition) is 4. The highest BCUT2D eigenvalue weighted by Crippen LogP contribution is 2.27. The standard InChI is InChI=1S/C29H27N3O2/c1-31-20-26-27(18-17-24(31)21-34-25-15-9-4-10-16-25)32(23-13-7-3-8-14-23)29(19-28(26)33)30-22-11-5-2-6-12-22/h2-17,19,30H,18,20-21H2,1H3. The Bertz CT molecular complexity index is 1350. The number of nitrogens with zero attached hydrogens (tertiary/aromatic N) is 2. The number of anilines is 2. The molecule has 0 unspecified atom stereocenters. The van der Waals surface area contributed by atoms with E-state index in [1.165, 1.54) is 0 Å². The van der Waals surface area contributed by atoms with Gasteiger partial charge in [-0.05, 0) is 36.4 Å². The summed E-state index contributed by atoms with van der Waals surface area (Å²) < 4.78 is 8.17. The first-order valence-corrected chi connectivity index (χ1v) is 11.4. The first-order chi connectivity index (χ1) is 16.7. The van der Waals surface area contributed by atoms with Gasteiger partial charge >= 0.3 is 0 Å². The second-order valence-corrected chi connectivity index (χ2v) is 8.34. The minimum absolute atomic E-state index is 0.0334. The average Bonchev–Trinajstić information content (AvgIpc) is 3.04. The van der Waals surface area contributed by atoms with E-state index in [1.54, 1.807) is 6.07 Å². The molecule has 5 nitrogen and oxygen atoms in total. The van der Waals surface area contributed by atoms with Crippen molar-refractivity contribution in [3.8, 4) is 11.4 Å². The zero-order valence-electron chi connectivity index (χ0n) is 19.1. The predicted octanol–water partition coefficient (Wildman–Crippen LogP) is 5.53. The highest BCUT2D eigenvalue weighted by molar-refractivity contribution is 5.60. The van der Waals surface area contributed by atoms with Crippen LogP contribution in [0, 0.1) is 0 Å². The van der Waals surface area contributed by atoms with Crippen molar-refractivity contribution in [1.82, 2.24) is 9.47 Å². The summed E-state index contributed by atoms with van der Waals surface area (Å²) in [5, 5.41) is 3.46. The van der Waals surface area contributed by atoms with Crippen molar-refractivity contribution in [2.45, 2.75) is 13.0 Å². The van der Waals surface area contributed by atoms with Crippen LogP contribution in [0.2, 0.25) is 0 Å².